The first kappa shape index (κ1) is 12.5. The molecule has 3 rings (SSSR count). The highest BCUT2D eigenvalue weighted by molar-refractivity contribution is 5.55. The SMILES string of the molecule is CC1CCCN1c1cc(N2CCC(N)C2)nc(N)n1. The highest BCUT2D eigenvalue weighted by Gasteiger charge is 2.25. The van der Waals surface area contributed by atoms with Gasteiger partial charge in [0.1, 0.15) is 11.6 Å². The lowest BCUT2D eigenvalue weighted by Crippen LogP contribution is -2.30. The van der Waals surface area contributed by atoms with Crippen molar-refractivity contribution >= 4 is 17.6 Å². The average molecular weight is 262 g/mol. The Balaban J connectivity index is 1.87. The van der Waals surface area contributed by atoms with Gasteiger partial charge in [0.25, 0.3) is 0 Å². The van der Waals surface area contributed by atoms with E-state index < -0.39 is 0 Å². The van der Waals surface area contributed by atoms with Crippen LogP contribution in [0.4, 0.5) is 17.6 Å². The maximum Gasteiger partial charge on any atom is 0.223 e. The molecule has 2 atom stereocenters. The van der Waals surface area contributed by atoms with Crippen LogP contribution in [0.5, 0.6) is 0 Å². The molecule has 0 spiro atoms. The first-order valence-electron chi connectivity index (χ1n) is 7.05. The Bertz CT molecular complexity index is 462. The van der Waals surface area contributed by atoms with Crippen LogP contribution in [0.2, 0.25) is 0 Å². The number of hydrogen-bond acceptors (Lipinski definition) is 6. The smallest absolute Gasteiger partial charge is 0.223 e. The normalized spacial score (nSPS) is 27.3. The van der Waals surface area contributed by atoms with E-state index in [9.17, 15) is 0 Å². The van der Waals surface area contributed by atoms with Crippen molar-refractivity contribution in [2.45, 2.75) is 38.3 Å². The van der Waals surface area contributed by atoms with Crippen molar-refractivity contribution in [3.8, 4) is 0 Å². The summed E-state index contributed by atoms with van der Waals surface area (Å²) in [6.45, 7) is 5.09. The quantitative estimate of drug-likeness (QED) is 0.811. The molecule has 0 aromatic carbocycles. The summed E-state index contributed by atoms with van der Waals surface area (Å²) in [4.78, 5) is 13.3. The van der Waals surface area contributed by atoms with Crippen molar-refractivity contribution in [2.75, 3.05) is 35.2 Å². The molecular formula is C13H22N6. The van der Waals surface area contributed by atoms with Crippen molar-refractivity contribution in [1.82, 2.24) is 9.97 Å². The molecule has 2 unspecified atom stereocenters. The summed E-state index contributed by atoms with van der Waals surface area (Å²) in [5.41, 5.74) is 11.8. The minimum absolute atomic E-state index is 0.241. The third kappa shape index (κ3) is 2.45. The lowest BCUT2D eigenvalue weighted by atomic mass is 10.2. The van der Waals surface area contributed by atoms with Crippen molar-refractivity contribution in [3.63, 3.8) is 0 Å². The van der Waals surface area contributed by atoms with Crippen LogP contribution in [0.25, 0.3) is 0 Å². The lowest BCUT2D eigenvalue weighted by Gasteiger charge is -2.25. The van der Waals surface area contributed by atoms with Crippen LogP contribution in [0, 0.1) is 0 Å². The van der Waals surface area contributed by atoms with Gasteiger partial charge in [-0.25, -0.2) is 0 Å². The fraction of sp³-hybridized carbons (Fsp3) is 0.692. The Morgan fingerprint density at radius 1 is 1.21 bits per heavy atom. The zero-order chi connectivity index (χ0) is 13.4. The number of hydrogen-bond donors (Lipinski definition) is 2. The number of rotatable bonds is 2. The van der Waals surface area contributed by atoms with Crippen LogP contribution < -0.4 is 21.3 Å². The molecule has 0 radical (unpaired) electrons. The zero-order valence-corrected chi connectivity index (χ0v) is 11.4. The van der Waals surface area contributed by atoms with Gasteiger partial charge < -0.3 is 21.3 Å². The Morgan fingerprint density at radius 2 is 2.00 bits per heavy atom. The second-order valence-electron chi connectivity index (χ2n) is 5.62. The summed E-state index contributed by atoms with van der Waals surface area (Å²) in [6, 6.07) is 2.82. The fourth-order valence-corrected chi connectivity index (χ4v) is 3.02. The molecule has 0 aliphatic carbocycles. The second kappa shape index (κ2) is 4.85. The first-order valence-corrected chi connectivity index (χ1v) is 7.05. The van der Waals surface area contributed by atoms with Crippen molar-refractivity contribution < 1.29 is 0 Å². The number of nitrogen functional groups attached to an aromatic ring is 1. The van der Waals surface area contributed by atoms with E-state index in [1.165, 1.54) is 12.8 Å². The molecule has 1 aromatic rings. The van der Waals surface area contributed by atoms with E-state index in [0.29, 0.717) is 12.0 Å². The van der Waals surface area contributed by atoms with E-state index in [2.05, 4.69) is 32.8 Å². The van der Waals surface area contributed by atoms with Crippen LogP contribution in [-0.2, 0) is 0 Å². The molecule has 0 bridgehead atoms. The predicted octanol–water partition coefficient (Wildman–Crippen LogP) is 0.585. The van der Waals surface area contributed by atoms with Gasteiger partial charge in [0.15, 0.2) is 0 Å². The van der Waals surface area contributed by atoms with Gasteiger partial charge in [0.05, 0.1) is 0 Å². The maximum atomic E-state index is 5.96. The van der Waals surface area contributed by atoms with Gasteiger partial charge >= 0.3 is 0 Å². The fourth-order valence-electron chi connectivity index (χ4n) is 3.02. The third-order valence-electron chi connectivity index (χ3n) is 4.11. The number of nitrogens with zero attached hydrogens (tertiary/aromatic N) is 4. The van der Waals surface area contributed by atoms with E-state index in [-0.39, 0.29) is 6.04 Å². The van der Waals surface area contributed by atoms with Gasteiger partial charge in [-0.05, 0) is 26.2 Å². The minimum atomic E-state index is 0.241. The van der Waals surface area contributed by atoms with Crippen LogP contribution in [0.1, 0.15) is 26.2 Å². The molecule has 2 aliphatic heterocycles. The standard InChI is InChI=1S/C13H22N6/c1-9-3-2-5-19(9)12-7-11(16-13(15)17-12)18-6-4-10(14)8-18/h7,9-10H,2-6,8,14H2,1H3,(H2,15,16,17). The van der Waals surface area contributed by atoms with E-state index in [0.717, 1.165) is 37.7 Å². The van der Waals surface area contributed by atoms with Crippen molar-refractivity contribution in [3.05, 3.63) is 6.07 Å². The molecule has 4 N–H and O–H groups in total. The largest absolute Gasteiger partial charge is 0.368 e. The highest BCUT2D eigenvalue weighted by Crippen LogP contribution is 2.28. The molecule has 2 saturated heterocycles. The Labute approximate surface area is 113 Å². The maximum absolute atomic E-state index is 5.96. The van der Waals surface area contributed by atoms with Gasteiger partial charge in [0.2, 0.25) is 5.95 Å². The molecule has 104 valence electrons. The van der Waals surface area contributed by atoms with Gasteiger partial charge in [-0.2, -0.15) is 9.97 Å². The first-order chi connectivity index (χ1) is 9.13. The van der Waals surface area contributed by atoms with Crippen LogP contribution in [-0.4, -0.2) is 41.7 Å². The predicted molar refractivity (Wildman–Crippen MR) is 77.3 cm³/mol. The summed E-state index contributed by atoms with van der Waals surface area (Å²) in [5.74, 6) is 2.22. The Morgan fingerprint density at radius 3 is 2.63 bits per heavy atom. The molecule has 2 fully saturated rings. The van der Waals surface area contributed by atoms with Crippen molar-refractivity contribution in [1.29, 1.82) is 0 Å². The van der Waals surface area contributed by atoms with Crippen LogP contribution in [0.15, 0.2) is 6.07 Å². The lowest BCUT2D eigenvalue weighted by molar-refractivity contribution is 0.725. The van der Waals surface area contributed by atoms with Gasteiger partial charge in [-0.3, -0.25) is 0 Å². The molecular weight excluding hydrogens is 240 g/mol. The molecule has 0 saturated carbocycles. The number of anilines is 3. The summed E-state index contributed by atoms with van der Waals surface area (Å²) >= 11 is 0. The van der Waals surface area contributed by atoms with Gasteiger partial charge in [-0.15, -0.1) is 0 Å². The molecule has 19 heavy (non-hydrogen) atoms. The summed E-state index contributed by atoms with van der Waals surface area (Å²) in [5, 5.41) is 0. The molecule has 6 nitrogen and oxygen atoms in total. The monoisotopic (exact) mass is 262 g/mol. The molecule has 3 heterocycles. The molecule has 1 aromatic heterocycles. The Kier molecular flexibility index (Phi) is 3.18. The zero-order valence-electron chi connectivity index (χ0n) is 11.4. The molecule has 6 heteroatoms. The summed E-state index contributed by atoms with van der Waals surface area (Å²) in [7, 11) is 0. The topological polar surface area (TPSA) is 84.3 Å². The van der Waals surface area contributed by atoms with Gasteiger partial charge in [-0.1, -0.05) is 0 Å². The number of nitrogens with two attached hydrogens (primary N) is 2. The van der Waals surface area contributed by atoms with E-state index in [1.54, 1.807) is 0 Å². The van der Waals surface area contributed by atoms with E-state index in [1.807, 2.05) is 0 Å². The van der Waals surface area contributed by atoms with Crippen molar-refractivity contribution in [2.24, 2.45) is 5.73 Å². The summed E-state index contributed by atoms with van der Waals surface area (Å²) in [6.07, 6.45) is 3.45. The highest BCUT2D eigenvalue weighted by atomic mass is 15.3. The van der Waals surface area contributed by atoms with Gasteiger partial charge in [0, 0.05) is 37.8 Å². The molecule has 2 aliphatic rings. The van der Waals surface area contributed by atoms with E-state index in [4.69, 9.17) is 11.5 Å². The van der Waals surface area contributed by atoms with E-state index >= 15 is 0 Å². The van der Waals surface area contributed by atoms with Crippen LogP contribution in [0.3, 0.4) is 0 Å². The second-order valence-corrected chi connectivity index (χ2v) is 5.62. The third-order valence-corrected chi connectivity index (χ3v) is 4.11. The minimum Gasteiger partial charge on any atom is -0.368 e. The molecule has 0 amide bonds. The number of aromatic nitrogens is 2. The van der Waals surface area contributed by atoms with Crippen LogP contribution >= 0.6 is 0 Å². The Hall–Kier alpha value is -1.56. The summed E-state index contributed by atoms with van der Waals surface area (Å²) < 4.78 is 0. The average Bonchev–Trinajstić information content (AvgIpc) is 2.97.